The van der Waals surface area contributed by atoms with Crippen LogP contribution in [-0.2, 0) is 0 Å². The molecular weight excluding hydrogens is 232 g/mol. The van der Waals surface area contributed by atoms with Crippen molar-refractivity contribution in [1.82, 2.24) is 9.97 Å². The van der Waals surface area contributed by atoms with Gasteiger partial charge in [0.05, 0.1) is 0 Å². The molecule has 0 aliphatic rings. The SMILES string of the molecule is Cc1ccc(-c2cccnc2)cc1-c1cccnc1. The molecular formula is C17H14N2. The van der Waals surface area contributed by atoms with Gasteiger partial charge in [-0.15, -0.1) is 0 Å². The Morgan fingerprint density at radius 3 is 2.05 bits per heavy atom. The van der Waals surface area contributed by atoms with Gasteiger partial charge in [0.15, 0.2) is 0 Å². The molecule has 0 bridgehead atoms. The quantitative estimate of drug-likeness (QED) is 0.679. The largest absolute Gasteiger partial charge is 0.264 e. The summed E-state index contributed by atoms with van der Waals surface area (Å²) in [6.45, 7) is 2.12. The third-order valence-electron chi connectivity index (χ3n) is 3.20. The summed E-state index contributed by atoms with van der Waals surface area (Å²) >= 11 is 0. The summed E-state index contributed by atoms with van der Waals surface area (Å²) in [5.41, 5.74) is 5.92. The number of rotatable bonds is 2. The predicted octanol–water partition coefficient (Wildman–Crippen LogP) is 4.12. The molecule has 0 aliphatic heterocycles. The van der Waals surface area contributed by atoms with Crippen molar-refractivity contribution in [1.29, 1.82) is 0 Å². The van der Waals surface area contributed by atoms with E-state index < -0.39 is 0 Å². The summed E-state index contributed by atoms with van der Waals surface area (Å²) in [6, 6.07) is 14.6. The highest BCUT2D eigenvalue weighted by molar-refractivity contribution is 5.74. The maximum absolute atomic E-state index is 4.19. The van der Waals surface area contributed by atoms with Crippen molar-refractivity contribution in [3.05, 3.63) is 72.8 Å². The van der Waals surface area contributed by atoms with Crippen LogP contribution >= 0.6 is 0 Å². The standard InChI is InChI=1S/C17H14N2/c1-13-6-7-14(15-4-2-8-18-11-15)10-17(13)16-5-3-9-19-12-16/h2-12H,1H3. The topological polar surface area (TPSA) is 25.8 Å². The normalized spacial score (nSPS) is 10.4. The zero-order valence-electron chi connectivity index (χ0n) is 10.7. The summed E-state index contributed by atoms with van der Waals surface area (Å²) < 4.78 is 0. The average Bonchev–Trinajstić information content (AvgIpc) is 2.49. The minimum absolute atomic E-state index is 1.13. The third-order valence-corrected chi connectivity index (χ3v) is 3.20. The number of hydrogen-bond donors (Lipinski definition) is 0. The van der Waals surface area contributed by atoms with E-state index in [1.54, 1.807) is 12.4 Å². The monoisotopic (exact) mass is 246 g/mol. The van der Waals surface area contributed by atoms with E-state index >= 15 is 0 Å². The molecule has 0 saturated carbocycles. The van der Waals surface area contributed by atoms with E-state index in [1.165, 1.54) is 16.7 Å². The third kappa shape index (κ3) is 2.38. The Morgan fingerprint density at radius 2 is 1.42 bits per heavy atom. The van der Waals surface area contributed by atoms with Crippen molar-refractivity contribution in [2.45, 2.75) is 6.92 Å². The number of hydrogen-bond acceptors (Lipinski definition) is 2. The molecule has 0 fully saturated rings. The molecule has 0 aliphatic carbocycles. The van der Waals surface area contributed by atoms with Crippen LogP contribution in [0.2, 0.25) is 0 Å². The molecule has 1 aromatic carbocycles. The lowest BCUT2D eigenvalue weighted by Gasteiger charge is -2.09. The molecule has 3 rings (SSSR count). The van der Waals surface area contributed by atoms with E-state index in [-0.39, 0.29) is 0 Å². The van der Waals surface area contributed by atoms with Crippen molar-refractivity contribution >= 4 is 0 Å². The number of aromatic nitrogens is 2. The Morgan fingerprint density at radius 1 is 0.737 bits per heavy atom. The lowest BCUT2D eigenvalue weighted by Crippen LogP contribution is -1.87. The predicted molar refractivity (Wildman–Crippen MR) is 77.6 cm³/mol. The number of aryl methyl sites for hydroxylation is 1. The maximum atomic E-state index is 4.19. The van der Waals surface area contributed by atoms with Crippen LogP contribution in [0.3, 0.4) is 0 Å². The van der Waals surface area contributed by atoms with Gasteiger partial charge in [0, 0.05) is 35.9 Å². The number of pyridine rings is 2. The lowest BCUT2D eigenvalue weighted by molar-refractivity contribution is 1.31. The molecule has 19 heavy (non-hydrogen) atoms. The molecule has 0 unspecified atom stereocenters. The number of nitrogens with zero attached hydrogens (tertiary/aromatic N) is 2. The summed E-state index contributed by atoms with van der Waals surface area (Å²) in [7, 11) is 0. The minimum atomic E-state index is 1.13. The Balaban J connectivity index is 2.12. The van der Waals surface area contributed by atoms with E-state index in [0.29, 0.717) is 0 Å². The molecule has 2 heterocycles. The molecule has 2 nitrogen and oxygen atoms in total. The molecule has 0 atom stereocenters. The first-order valence-corrected chi connectivity index (χ1v) is 6.26. The fourth-order valence-corrected chi connectivity index (χ4v) is 2.17. The van der Waals surface area contributed by atoms with Gasteiger partial charge in [-0.25, -0.2) is 0 Å². The first kappa shape index (κ1) is 11.6. The second kappa shape index (κ2) is 5.02. The zero-order chi connectivity index (χ0) is 13.1. The molecule has 2 heteroatoms. The Labute approximate surface area is 112 Å². The smallest absolute Gasteiger partial charge is 0.0346 e. The van der Waals surface area contributed by atoms with Gasteiger partial charge in [-0.05, 0) is 41.8 Å². The van der Waals surface area contributed by atoms with Gasteiger partial charge >= 0.3 is 0 Å². The van der Waals surface area contributed by atoms with E-state index in [1.807, 2.05) is 24.5 Å². The molecule has 0 amide bonds. The van der Waals surface area contributed by atoms with Crippen LogP contribution in [0.1, 0.15) is 5.56 Å². The Hall–Kier alpha value is -2.48. The maximum Gasteiger partial charge on any atom is 0.0346 e. The van der Waals surface area contributed by atoms with E-state index in [2.05, 4.69) is 47.2 Å². The highest BCUT2D eigenvalue weighted by Crippen LogP contribution is 2.28. The summed E-state index contributed by atoms with van der Waals surface area (Å²) in [6.07, 6.45) is 7.37. The zero-order valence-corrected chi connectivity index (χ0v) is 10.7. The van der Waals surface area contributed by atoms with Crippen molar-refractivity contribution < 1.29 is 0 Å². The van der Waals surface area contributed by atoms with Crippen LogP contribution in [0, 0.1) is 6.92 Å². The molecule has 2 aromatic heterocycles. The molecule has 3 aromatic rings. The summed E-state index contributed by atoms with van der Waals surface area (Å²) in [4.78, 5) is 8.37. The van der Waals surface area contributed by atoms with E-state index in [4.69, 9.17) is 0 Å². The van der Waals surface area contributed by atoms with Gasteiger partial charge in [0.1, 0.15) is 0 Å². The average molecular weight is 246 g/mol. The van der Waals surface area contributed by atoms with E-state index in [9.17, 15) is 0 Å². The lowest BCUT2D eigenvalue weighted by atomic mass is 9.97. The van der Waals surface area contributed by atoms with Crippen molar-refractivity contribution in [3.63, 3.8) is 0 Å². The van der Waals surface area contributed by atoms with Gasteiger partial charge in [-0.3, -0.25) is 9.97 Å². The number of benzene rings is 1. The van der Waals surface area contributed by atoms with Crippen LogP contribution in [0.25, 0.3) is 22.3 Å². The van der Waals surface area contributed by atoms with Crippen LogP contribution in [0.5, 0.6) is 0 Å². The second-order valence-corrected chi connectivity index (χ2v) is 4.51. The van der Waals surface area contributed by atoms with Crippen molar-refractivity contribution in [2.24, 2.45) is 0 Å². The highest BCUT2D eigenvalue weighted by atomic mass is 14.6. The fourth-order valence-electron chi connectivity index (χ4n) is 2.17. The second-order valence-electron chi connectivity index (χ2n) is 4.51. The Kier molecular flexibility index (Phi) is 3.07. The molecule has 0 saturated heterocycles. The Bertz CT molecular complexity index is 676. The summed E-state index contributed by atoms with van der Waals surface area (Å²) in [5.74, 6) is 0. The molecule has 0 spiro atoms. The highest BCUT2D eigenvalue weighted by Gasteiger charge is 2.05. The van der Waals surface area contributed by atoms with Crippen molar-refractivity contribution in [3.8, 4) is 22.3 Å². The first-order valence-electron chi connectivity index (χ1n) is 6.26. The fraction of sp³-hybridized carbons (Fsp3) is 0.0588. The van der Waals surface area contributed by atoms with E-state index in [0.717, 1.165) is 11.1 Å². The van der Waals surface area contributed by atoms with Crippen LogP contribution in [0.15, 0.2) is 67.3 Å². The van der Waals surface area contributed by atoms with Gasteiger partial charge < -0.3 is 0 Å². The molecule has 92 valence electrons. The molecule has 0 radical (unpaired) electrons. The van der Waals surface area contributed by atoms with Gasteiger partial charge in [0.2, 0.25) is 0 Å². The van der Waals surface area contributed by atoms with Gasteiger partial charge in [0.25, 0.3) is 0 Å². The minimum Gasteiger partial charge on any atom is -0.264 e. The first-order chi connectivity index (χ1) is 9.34. The van der Waals surface area contributed by atoms with Crippen molar-refractivity contribution in [2.75, 3.05) is 0 Å². The summed E-state index contributed by atoms with van der Waals surface area (Å²) in [5, 5.41) is 0. The van der Waals surface area contributed by atoms with Crippen LogP contribution in [0.4, 0.5) is 0 Å². The van der Waals surface area contributed by atoms with Crippen LogP contribution < -0.4 is 0 Å². The molecule has 0 N–H and O–H groups in total. The van der Waals surface area contributed by atoms with Crippen LogP contribution in [-0.4, -0.2) is 9.97 Å². The van der Waals surface area contributed by atoms with Gasteiger partial charge in [-0.2, -0.15) is 0 Å². The van der Waals surface area contributed by atoms with Gasteiger partial charge in [-0.1, -0.05) is 24.3 Å².